The number of anilines is 1. The minimum atomic E-state index is 0.498. The van der Waals surface area contributed by atoms with Crippen LogP contribution in [0.4, 0.5) is 5.69 Å². The van der Waals surface area contributed by atoms with Gasteiger partial charge in [0.2, 0.25) is 0 Å². The van der Waals surface area contributed by atoms with Gasteiger partial charge < -0.3 is 10.5 Å². The van der Waals surface area contributed by atoms with Crippen molar-refractivity contribution in [3.8, 4) is 0 Å². The molecule has 88 valence electrons. The van der Waals surface area contributed by atoms with Crippen molar-refractivity contribution in [2.24, 2.45) is 0 Å². The van der Waals surface area contributed by atoms with E-state index in [1.807, 2.05) is 42.5 Å². The number of rotatable bonds is 4. The summed E-state index contributed by atoms with van der Waals surface area (Å²) in [5.41, 5.74) is 8.62. The highest BCUT2D eigenvalue weighted by atomic mass is 35.5. The van der Waals surface area contributed by atoms with Crippen LogP contribution in [-0.4, -0.2) is 0 Å². The third-order valence-electron chi connectivity index (χ3n) is 2.48. The first kappa shape index (κ1) is 12.0. The van der Waals surface area contributed by atoms with Gasteiger partial charge >= 0.3 is 0 Å². The first-order chi connectivity index (χ1) is 8.25. The van der Waals surface area contributed by atoms with Crippen molar-refractivity contribution in [3.63, 3.8) is 0 Å². The topological polar surface area (TPSA) is 35.2 Å². The van der Waals surface area contributed by atoms with Gasteiger partial charge in [-0.2, -0.15) is 0 Å². The highest BCUT2D eigenvalue weighted by Gasteiger charge is 2.00. The molecule has 0 aliphatic heterocycles. The second kappa shape index (κ2) is 5.71. The van der Waals surface area contributed by atoms with Gasteiger partial charge in [0.1, 0.15) is 0 Å². The summed E-state index contributed by atoms with van der Waals surface area (Å²) < 4.78 is 5.60. The van der Waals surface area contributed by atoms with Crippen LogP contribution in [-0.2, 0) is 18.0 Å². The Morgan fingerprint density at radius 2 is 1.76 bits per heavy atom. The van der Waals surface area contributed by atoms with Gasteiger partial charge in [0.05, 0.1) is 13.2 Å². The molecule has 0 atom stereocenters. The Balaban J connectivity index is 1.90. The van der Waals surface area contributed by atoms with Gasteiger partial charge in [-0.25, -0.2) is 0 Å². The zero-order chi connectivity index (χ0) is 12.1. The van der Waals surface area contributed by atoms with E-state index in [1.54, 1.807) is 6.07 Å². The summed E-state index contributed by atoms with van der Waals surface area (Å²) >= 11 is 5.83. The molecule has 0 aliphatic carbocycles. The molecule has 0 aliphatic rings. The highest BCUT2D eigenvalue weighted by molar-refractivity contribution is 6.30. The van der Waals surface area contributed by atoms with Gasteiger partial charge in [-0.1, -0.05) is 48.0 Å². The van der Waals surface area contributed by atoms with Gasteiger partial charge in [0.15, 0.2) is 0 Å². The van der Waals surface area contributed by atoms with E-state index in [0.717, 1.165) is 11.1 Å². The fourth-order valence-corrected chi connectivity index (χ4v) is 1.73. The second-order valence-electron chi connectivity index (χ2n) is 3.82. The van der Waals surface area contributed by atoms with E-state index in [-0.39, 0.29) is 0 Å². The molecule has 0 unspecified atom stereocenters. The number of hydrogen-bond donors (Lipinski definition) is 1. The van der Waals surface area contributed by atoms with Crippen molar-refractivity contribution in [1.82, 2.24) is 0 Å². The largest absolute Gasteiger partial charge is 0.398 e. The van der Waals surface area contributed by atoms with Gasteiger partial charge in [-0.3, -0.25) is 0 Å². The van der Waals surface area contributed by atoms with Crippen LogP contribution in [0.1, 0.15) is 11.1 Å². The Kier molecular flexibility index (Phi) is 4.02. The molecule has 2 nitrogen and oxygen atoms in total. The lowest BCUT2D eigenvalue weighted by Gasteiger charge is -2.07. The lowest BCUT2D eigenvalue weighted by atomic mass is 10.2. The fraction of sp³-hybridized carbons (Fsp3) is 0.143. The molecule has 0 radical (unpaired) electrons. The third-order valence-corrected chi connectivity index (χ3v) is 2.71. The van der Waals surface area contributed by atoms with Crippen molar-refractivity contribution < 1.29 is 4.74 Å². The standard InChI is InChI=1S/C14H14ClNO/c15-13-7-6-12(14(16)8-13)10-17-9-11-4-2-1-3-5-11/h1-8H,9-10,16H2. The molecule has 0 amide bonds. The Morgan fingerprint density at radius 1 is 1.00 bits per heavy atom. The van der Waals surface area contributed by atoms with E-state index >= 15 is 0 Å². The Morgan fingerprint density at radius 3 is 2.47 bits per heavy atom. The van der Waals surface area contributed by atoms with Crippen LogP contribution in [0.2, 0.25) is 5.02 Å². The van der Waals surface area contributed by atoms with E-state index in [4.69, 9.17) is 22.1 Å². The van der Waals surface area contributed by atoms with E-state index < -0.39 is 0 Å². The van der Waals surface area contributed by atoms with E-state index in [9.17, 15) is 0 Å². The maximum Gasteiger partial charge on any atom is 0.0741 e. The summed E-state index contributed by atoms with van der Waals surface area (Å²) in [5, 5.41) is 0.648. The molecule has 0 saturated heterocycles. The van der Waals surface area contributed by atoms with Gasteiger partial charge in [0, 0.05) is 16.3 Å². The Bertz CT molecular complexity index is 485. The summed E-state index contributed by atoms with van der Waals surface area (Å²) in [6.07, 6.45) is 0. The first-order valence-electron chi connectivity index (χ1n) is 5.41. The summed E-state index contributed by atoms with van der Waals surface area (Å²) in [4.78, 5) is 0. The molecule has 0 spiro atoms. The highest BCUT2D eigenvalue weighted by Crippen LogP contribution is 2.19. The molecule has 0 fully saturated rings. The minimum absolute atomic E-state index is 0.498. The quantitative estimate of drug-likeness (QED) is 0.838. The van der Waals surface area contributed by atoms with Crippen molar-refractivity contribution in [2.75, 3.05) is 5.73 Å². The Hall–Kier alpha value is -1.51. The molecule has 3 heteroatoms. The monoisotopic (exact) mass is 247 g/mol. The molecular formula is C14H14ClNO. The summed E-state index contributed by atoms with van der Waals surface area (Å²) in [7, 11) is 0. The zero-order valence-corrected chi connectivity index (χ0v) is 10.2. The smallest absolute Gasteiger partial charge is 0.0741 e. The normalized spacial score (nSPS) is 10.4. The molecular weight excluding hydrogens is 234 g/mol. The number of nitrogen functional groups attached to an aromatic ring is 1. The van der Waals surface area contributed by atoms with Crippen LogP contribution in [0.5, 0.6) is 0 Å². The number of nitrogens with two attached hydrogens (primary N) is 1. The number of ether oxygens (including phenoxy) is 1. The molecule has 2 aromatic carbocycles. The van der Waals surface area contributed by atoms with Crippen LogP contribution in [0.3, 0.4) is 0 Å². The zero-order valence-electron chi connectivity index (χ0n) is 9.40. The van der Waals surface area contributed by atoms with Crippen LogP contribution in [0.25, 0.3) is 0 Å². The predicted octanol–water partition coefficient (Wildman–Crippen LogP) is 3.64. The van der Waals surface area contributed by atoms with Crippen LogP contribution in [0.15, 0.2) is 48.5 Å². The molecule has 2 N–H and O–H groups in total. The van der Waals surface area contributed by atoms with Crippen LogP contribution < -0.4 is 5.73 Å². The average Bonchev–Trinajstić information content (AvgIpc) is 2.33. The van der Waals surface area contributed by atoms with E-state index in [1.165, 1.54) is 0 Å². The summed E-state index contributed by atoms with van der Waals surface area (Å²) in [6.45, 7) is 1.08. The van der Waals surface area contributed by atoms with Crippen molar-refractivity contribution >= 4 is 17.3 Å². The average molecular weight is 248 g/mol. The molecule has 0 saturated carbocycles. The number of hydrogen-bond acceptors (Lipinski definition) is 2. The molecule has 0 aromatic heterocycles. The SMILES string of the molecule is Nc1cc(Cl)ccc1COCc1ccccc1. The molecule has 2 aromatic rings. The summed E-state index contributed by atoms with van der Waals surface area (Å²) in [5.74, 6) is 0. The van der Waals surface area contributed by atoms with Crippen LogP contribution in [0, 0.1) is 0 Å². The van der Waals surface area contributed by atoms with Crippen molar-refractivity contribution in [2.45, 2.75) is 13.2 Å². The fourth-order valence-electron chi connectivity index (χ4n) is 1.55. The van der Waals surface area contributed by atoms with Crippen molar-refractivity contribution in [3.05, 3.63) is 64.7 Å². The van der Waals surface area contributed by atoms with Crippen molar-refractivity contribution in [1.29, 1.82) is 0 Å². The number of benzene rings is 2. The maximum atomic E-state index is 5.84. The molecule has 2 rings (SSSR count). The number of halogens is 1. The molecule has 17 heavy (non-hydrogen) atoms. The van der Waals surface area contributed by atoms with Gasteiger partial charge in [-0.05, 0) is 17.7 Å². The summed E-state index contributed by atoms with van der Waals surface area (Å²) in [6, 6.07) is 15.5. The molecule has 0 bridgehead atoms. The lowest BCUT2D eigenvalue weighted by Crippen LogP contribution is -1.98. The first-order valence-corrected chi connectivity index (χ1v) is 5.79. The predicted molar refractivity (Wildman–Crippen MR) is 70.8 cm³/mol. The maximum absolute atomic E-state index is 5.84. The minimum Gasteiger partial charge on any atom is -0.398 e. The van der Waals surface area contributed by atoms with E-state index in [2.05, 4.69) is 0 Å². The van der Waals surface area contributed by atoms with Gasteiger partial charge in [0.25, 0.3) is 0 Å². The molecule has 0 heterocycles. The second-order valence-corrected chi connectivity index (χ2v) is 4.26. The lowest BCUT2D eigenvalue weighted by molar-refractivity contribution is 0.107. The van der Waals surface area contributed by atoms with Crippen LogP contribution >= 0.6 is 11.6 Å². The Labute approximate surface area is 106 Å². The van der Waals surface area contributed by atoms with Gasteiger partial charge in [-0.15, -0.1) is 0 Å². The third kappa shape index (κ3) is 3.48. The van der Waals surface area contributed by atoms with E-state index in [0.29, 0.717) is 23.9 Å².